The molecule has 0 aliphatic carbocycles. The van der Waals surface area contributed by atoms with Gasteiger partial charge in [0, 0.05) is 0 Å². The third kappa shape index (κ3) is 2.11. The maximum atomic E-state index is 12.3. The molecule has 1 aromatic rings. The summed E-state index contributed by atoms with van der Waals surface area (Å²) < 4.78 is 38.6. The van der Waals surface area contributed by atoms with Crippen LogP contribution in [-0.4, -0.2) is 7.35 Å². The second-order valence-corrected chi connectivity index (χ2v) is 1.82. The van der Waals surface area contributed by atoms with Crippen molar-refractivity contribution in [3.8, 4) is 5.75 Å². The summed E-state index contributed by atoms with van der Waals surface area (Å²) in [5.41, 5.74) is 0. The van der Waals surface area contributed by atoms with E-state index in [9.17, 15) is 13.5 Å². The molecule has 0 spiro atoms. The van der Waals surface area contributed by atoms with Gasteiger partial charge in [-0.3, -0.25) is 0 Å². The molecule has 0 atom stereocenters. The Morgan fingerprint density at radius 2 is 1.73 bits per heavy atom. The van der Waals surface area contributed by atoms with Crippen molar-refractivity contribution in [2.45, 2.75) is 0 Å². The molecule has 5 heteroatoms. The second-order valence-electron chi connectivity index (χ2n) is 1.82. The van der Waals surface area contributed by atoms with Crippen molar-refractivity contribution >= 4 is 7.35 Å². The number of hydrogen-bond acceptors (Lipinski definition) is 2. The Labute approximate surface area is 62.1 Å². The van der Waals surface area contributed by atoms with Gasteiger partial charge in [0.1, 0.15) is 0 Å². The molecule has 0 aliphatic heterocycles. The van der Waals surface area contributed by atoms with Crippen LogP contribution in [0.25, 0.3) is 0 Å². The Bertz CT molecular complexity index is 257. The van der Waals surface area contributed by atoms with Crippen molar-refractivity contribution in [1.29, 1.82) is 0 Å². The standard InChI is InChI=1S/C6H3BF2O2/c8-4-1-5(9)3-6(2-4)11-7-10/h1-3H. The van der Waals surface area contributed by atoms with Gasteiger partial charge >= 0.3 is 61.1 Å². The van der Waals surface area contributed by atoms with Gasteiger partial charge in [-0.05, 0) is 0 Å². The van der Waals surface area contributed by atoms with Crippen molar-refractivity contribution in [2.24, 2.45) is 0 Å². The molecule has 0 heterocycles. The van der Waals surface area contributed by atoms with E-state index >= 15 is 0 Å². The summed E-state index contributed by atoms with van der Waals surface area (Å²) in [6.07, 6.45) is 0. The summed E-state index contributed by atoms with van der Waals surface area (Å²) in [4.78, 5) is 0. The first-order chi connectivity index (χ1) is 5.22. The summed E-state index contributed by atoms with van der Waals surface area (Å²) in [7, 11) is 0.105. The number of halogens is 2. The normalized spacial score (nSPS) is 8.91. The minimum absolute atomic E-state index is 0.105. The Kier molecular flexibility index (Phi) is 2.30. The zero-order valence-corrected chi connectivity index (χ0v) is 5.38. The minimum atomic E-state index is -0.776. The van der Waals surface area contributed by atoms with Gasteiger partial charge in [-0.2, -0.15) is 0 Å². The first-order valence-electron chi connectivity index (χ1n) is 2.79. The predicted molar refractivity (Wildman–Crippen MR) is 33.4 cm³/mol. The van der Waals surface area contributed by atoms with E-state index in [0.29, 0.717) is 6.07 Å². The molecule has 0 saturated carbocycles. The van der Waals surface area contributed by atoms with Gasteiger partial charge in [0.2, 0.25) is 0 Å². The summed E-state index contributed by atoms with van der Waals surface area (Å²) in [5, 5.41) is 0. The molecule has 0 N–H and O–H groups in total. The fourth-order valence-electron chi connectivity index (χ4n) is 0.652. The van der Waals surface area contributed by atoms with Crippen molar-refractivity contribution in [3.05, 3.63) is 29.8 Å². The predicted octanol–water partition coefficient (Wildman–Crippen LogP) is 1.31. The SMILES string of the molecule is O=BOc1cc(F)cc(F)c1. The van der Waals surface area contributed by atoms with Crippen LogP contribution in [0, 0.1) is 11.6 Å². The topological polar surface area (TPSA) is 26.3 Å². The van der Waals surface area contributed by atoms with Crippen LogP contribution in [-0.2, 0) is 4.70 Å². The molecule has 56 valence electrons. The van der Waals surface area contributed by atoms with E-state index in [1.165, 1.54) is 0 Å². The molecular formula is C6H3BF2O2. The fraction of sp³-hybridized carbons (Fsp3) is 0. The zero-order valence-electron chi connectivity index (χ0n) is 5.38. The van der Waals surface area contributed by atoms with Crippen LogP contribution >= 0.6 is 0 Å². The molecule has 0 saturated heterocycles. The van der Waals surface area contributed by atoms with Gasteiger partial charge in [0.05, 0.1) is 0 Å². The maximum absolute atomic E-state index is 12.3. The van der Waals surface area contributed by atoms with Crippen LogP contribution in [0.15, 0.2) is 18.2 Å². The van der Waals surface area contributed by atoms with E-state index in [0.717, 1.165) is 12.1 Å². The third-order valence-electron chi connectivity index (χ3n) is 1.02. The van der Waals surface area contributed by atoms with Gasteiger partial charge in [0.15, 0.2) is 0 Å². The van der Waals surface area contributed by atoms with E-state index < -0.39 is 11.6 Å². The Hall–Kier alpha value is -1.26. The fourth-order valence-corrected chi connectivity index (χ4v) is 0.652. The molecule has 0 aromatic heterocycles. The van der Waals surface area contributed by atoms with Crippen LogP contribution in [0.1, 0.15) is 0 Å². The van der Waals surface area contributed by atoms with Crippen LogP contribution in [0.3, 0.4) is 0 Å². The molecular weight excluding hydrogens is 153 g/mol. The third-order valence-corrected chi connectivity index (χ3v) is 1.02. The first-order valence-corrected chi connectivity index (χ1v) is 2.79. The molecule has 0 aliphatic rings. The Morgan fingerprint density at radius 3 is 2.18 bits per heavy atom. The molecule has 1 aromatic carbocycles. The van der Waals surface area contributed by atoms with Gasteiger partial charge in [0.25, 0.3) is 0 Å². The molecule has 0 unspecified atom stereocenters. The molecule has 0 radical (unpaired) electrons. The summed E-state index contributed by atoms with van der Waals surface area (Å²) in [6.45, 7) is 0. The van der Waals surface area contributed by atoms with Crippen LogP contribution < -0.4 is 4.65 Å². The molecule has 1 rings (SSSR count). The van der Waals surface area contributed by atoms with Crippen molar-refractivity contribution in [2.75, 3.05) is 0 Å². The Morgan fingerprint density at radius 1 is 1.18 bits per heavy atom. The van der Waals surface area contributed by atoms with E-state index in [2.05, 4.69) is 4.65 Å². The molecule has 11 heavy (non-hydrogen) atoms. The van der Waals surface area contributed by atoms with Gasteiger partial charge in [-0.15, -0.1) is 0 Å². The van der Waals surface area contributed by atoms with Crippen LogP contribution in [0.2, 0.25) is 0 Å². The quantitative estimate of drug-likeness (QED) is 0.603. The summed E-state index contributed by atoms with van der Waals surface area (Å²) in [6, 6.07) is 2.52. The Balaban J connectivity index is 2.98. The number of rotatable bonds is 2. The van der Waals surface area contributed by atoms with Gasteiger partial charge in [-0.1, -0.05) is 0 Å². The average Bonchev–Trinajstić information content (AvgIpc) is 1.85. The van der Waals surface area contributed by atoms with Gasteiger partial charge < -0.3 is 0 Å². The van der Waals surface area contributed by atoms with E-state index in [1.54, 1.807) is 0 Å². The van der Waals surface area contributed by atoms with E-state index in [1.807, 2.05) is 0 Å². The van der Waals surface area contributed by atoms with Crippen molar-refractivity contribution < 1.29 is 18.1 Å². The summed E-state index contributed by atoms with van der Waals surface area (Å²) >= 11 is 0. The number of benzene rings is 1. The van der Waals surface area contributed by atoms with Crippen molar-refractivity contribution in [3.63, 3.8) is 0 Å². The summed E-state index contributed by atoms with van der Waals surface area (Å²) in [5.74, 6) is -1.69. The van der Waals surface area contributed by atoms with Crippen LogP contribution in [0.5, 0.6) is 5.75 Å². The van der Waals surface area contributed by atoms with E-state index in [4.69, 9.17) is 0 Å². The molecule has 0 amide bonds. The van der Waals surface area contributed by atoms with E-state index in [-0.39, 0.29) is 13.1 Å². The molecule has 0 fully saturated rings. The van der Waals surface area contributed by atoms with Crippen molar-refractivity contribution in [1.82, 2.24) is 0 Å². The van der Waals surface area contributed by atoms with Crippen LogP contribution in [0.4, 0.5) is 8.78 Å². The van der Waals surface area contributed by atoms with Gasteiger partial charge in [-0.25, -0.2) is 0 Å². The average molecular weight is 156 g/mol. The second kappa shape index (κ2) is 3.23. The monoisotopic (exact) mass is 156 g/mol. The molecule has 0 bridgehead atoms. The zero-order chi connectivity index (χ0) is 8.27. The molecule has 2 nitrogen and oxygen atoms in total. The first kappa shape index (κ1) is 7.85. The number of hydrogen-bond donors (Lipinski definition) is 0.